The molecule has 3 aromatic rings. The fourth-order valence-electron chi connectivity index (χ4n) is 5.26. The number of primary amides is 1. The van der Waals surface area contributed by atoms with Crippen LogP contribution < -0.4 is 10.5 Å². The van der Waals surface area contributed by atoms with Crippen molar-refractivity contribution in [2.24, 2.45) is 11.1 Å². The smallest absolute Gasteiger partial charge is 0.405 e. The largest absolute Gasteiger partial charge is 0.485 e. The Labute approximate surface area is 188 Å². The molecule has 0 radical (unpaired) electrons. The number of hydrogen-bond donors (Lipinski definition) is 1. The van der Waals surface area contributed by atoms with Crippen molar-refractivity contribution in [3.63, 3.8) is 0 Å². The molecule has 3 atom stereocenters. The molecule has 0 bridgehead atoms. The molecule has 5 nitrogen and oxygen atoms in total. The highest BCUT2D eigenvalue weighted by atomic mass is 16.6. The van der Waals surface area contributed by atoms with Crippen molar-refractivity contribution in [2.75, 3.05) is 0 Å². The standard InChI is InChI=1S/C27H29NO4/c1-17(19-14-9-11-18-10-5-6-12-20(18)19)27(26(2,3)4,32-25(28)30)24-16-22(29)21-13-7-8-15-23(21)31-24/h5-15,17,24H,16H2,1-4H3,(H2,28,30)/t17-,24-,27?/m1/s1. The molecular weight excluding hydrogens is 402 g/mol. The lowest BCUT2D eigenvalue weighted by atomic mass is 9.62. The highest BCUT2D eigenvalue weighted by Gasteiger charge is 2.58. The first-order valence-electron chi connectivity index (χ1n) is 10.9. The fraction of sp³-hybridized carbons (Fsp3) is 0.333. The molecule has 0 aromatic heterocycles. The molecule has 1 heterocycles. The first-order chi connectivity index (χ1) is 15.1. The zero-order valence-electron chi connectivity index (χ0n) is 18.9. The van der Waals surface area contributed by atoms with Crippen LogP contribution >= 0.6 is 0 Å². The Morgan fingerprint density at radius 2 is 1.69 bits per heavy atom. The lowest BCUT2D eigenvalue weighted by Crippen LogP contribution is -2.62. The summed E-state index contributed by atoms with van der Waals surface area (Å²) in [6.45, 7) is 7.99. The molecule has 1 amide bonds. The molecule has 4 rings (SSSR count). The first kappa shape index (κ1) is 21.9. The number of amides is 1. The van der Waals surface area contributed by atoms with Gasteiger partial charge in [0.2, 0.25) is 0 Å². The normalized spacial score (nSPS) is 18.9. The van der Waals surface area contributed by atoms with Crippen LogP contribution in [-0.2, 0) is 4.74 Å². The number of nitrogens with two attached hydrogens (primary N) is 1. The summed E-state index contributed by atoms with van der Waals surface area (Å²) in [5.74, 6) is 0.147. The van der Waals surface area contributed by atoms with E-state index in [1.165, 1.54) is 0 Å². The van der Waals surface area contributed by atoms with Gasteiger partial charge in [0.15, 0.2) is 11.4 Å². The molecule has 3 aromatic carbocycles. The van der Waals surface area contributed by atoms with E-state index in [0.717, 1.165) is 16.3 Å². The Kier molecular flexibility index (Phi) is 5.45. The molecule has 1 unspecified atom stereocenters. The minimum absolute atomic E-state index is 0.0383. The second kappa shape index (κ2) is 7.97. The molecule has 1 aliphatic rings. The summed E-state index contributed by atoms with van der Waals surface area (Å²) in [7, 11) is 0. The molecule has 0 fully saturated rings. The summed E-state index contributed by atoms with van der Waals surface area (Å²) in [6.07, 6.45) is -1.50. The van der Waals surface area contributed by atoms with E-state index in [2.05, 4.69) is 18.2 Å². The third-order valence-electron chi connectivity index (χ3n) is 6.68. The Morgan fingerprint density at radius 3 is 2.41 bits per heavy atom. The third-order valence-corrected chi connectivity index (χ3v) is 6.68. The highest BCUT2D eigenvalue weighted by molar-refractivity contribution is 6.00. The average Bonchev–Trinajstić information content (AvgIpc) is 2.75. The van der Waals surface area contributed by atoms with E-state index in [0.29, 0.717) is 11.3 Å². The lowest BCUT2D eigenvalue weighted by Gasteiger charge is -2.52. The number of para-hydroxylation sites is 1. The Hall–Kier alpha value is -3.34. The predicted octanol–water partition coefficient (Wildman–Crippen LogP) is 5.86. The number of carbonyl (C=O) groups is 2. The van der Waals surface area contributed by atoms with Gasteiger partial charge in [-0.25, -0.2) is 4.79 Å². The van der Waals surface area contributed by atoms with E-state index in [9.17, 15) is 9.59 Å². The topological polar surface area (TPSA) is 78.6 Å². The van der Waals surface area contributed by atoms with Gasteiger partial charge in [0.25, 0.3) is 0 Å². The van der Waals surface area contributed by atoms with Crippen LogP contribution in [0.4, 0.5) is 4.79 Å². The van der Waals surface area contributed by atoms with Gasteiger partial charge in [0, 0.05) is 11.3 Å². The number of Topliss-reactive ketones (excluding diaryl/α,β-unsaturated/α-hetero) is 1. The van der Waals surface area contributed by atoms with Crippen LogP contribution in [0.2, 0.25) is 0 Å². The minimum atomic E-state index is -1.20. The number of hydrogen-bond acceptors (Lipinski definition) is 4. The molecule has 0 saturated heterocycles. The minimum Gasteiger partial charge on any atom is -0.485 e. The summed E-state index contributed by atoms with van der Waals surface area (Å²) < 4.78 is 12.4. The average molecular weight is 432 g/mol. The van der Waals surface area contributed by atoms with Crippen LogP contribution in [0.25, 0.3) is 10.8 Å². The number of rotatable bonds is 4. The summed E-state index contributed by atoms with van der Waals surface area (Å²) >= 11 is 0. The van der Waals surface area contributed by atoms with Gasteiger partial charge in [0.1, 0.15) is 11.9 Å². The second-order valence-corrected chi connectivity index (χ2v) is 9.48. The van der Waals surface area contributed by atoms with Crippen molar-refractivity contribution >= 4 is 22.6 Å². The molecule has 0 saturated carbocycles. The summed E-state index contributed by atoms with van der Waals surface area (Å²) in [5.41, 5.74) is 5.39. The van der Waals surface area contributed by atoms with E-state index in [1.54, 1.807) is 12.1 Å². The van der Waals surface area contributed by atoms with Gasteiger partial charge in [-0.2, -0.15) is 0 Å². The van der Waals surface area contributed by atoms with Gasteiger partial charge in [-0.15, -0.1) is 0 Å². The summed E-state index contributed by atoms with van der Waals surface area (Å²) in [5, 5.41) is 2.15. The van der Waals surface area contributed by atoms with Gasteiger partial charge < -0.3 is 15.2 Å². The number of ketones is 1. The lowest BCUT2D eigenvalue weighted by molar-refractivity contribution is -0.147. The highest BCUT2D eigenvalue weighted by Crippen LogP contribution is 2.51. The predicted molar refractivity (Wildman–Crippen MR) is 125 cm³/mol. The van der Waals surface area contributed by atoms with E-state index in [-0.39, 0.29) is 18.1 Å². The number of carbonyl (C=O) groups excluding carboxylic acids is 2. The zero-order chi connectivity index (χ0) is 23.1. The van der Waals surface area contributed by atoms with Gasteiger partial charge >= 0.3 is 6.09 Å². The van der Waals surface area contributed by atoms with Crippen LogP contribution in [0.15, 0.2) is 66.7 Å². The Bertz CT molecular complexity index is 1170. The SMILES string of the molecule is C[C@H](c1cccc2ccccc12)C(OC(N)=O)([C@H]1CC(=O)c2ccccc2O1)C(C)(C)C. The number of ether oxygens (including phenoxy) is 2. The molecule has 1 aliphatic heterocycles. The van der Waals surface area contributed by atoms with Crippen molar-refractivity contribution in [3.05, 3.63) is 77.9 Å². The Balaban J connectivity index is 1.92. The second-order valence-electron chi connectivity index (χ2n) is 9.48. The van der Waals surface area contributed by atoms with E-state index >= 15 is 0 Å². The first-order valence-corrected chi connectivity index (χ1v) is 10.9. The van der Waals surface area contributed by atoms with Crippen molar-refractivity contribution in [2.45, 2.75) is 51.7 Å². The fourth-order valence-corrected chi connectivity index (χ4v) is 5.26. The number of fused-ring (bicyclic) bond motifs is 2. The number of benzene rings is 3. The molecule has 32 heavy (non-hydrogen) atoms. The van der Waals surface area contributed by atoms with Crippen LogP contribution in [0, 0.1) is 5.41 Å². The van der Waals surface area contributed by atoms with E-state index in [1.807, 2.05) is 64.1 Å². The van der Waals surface area contributed by atoms with Crippen LogP contribution in [0.3, 0.4) is 0 Å². The summed E-state index contributed by atoms with van der Waals surface area (Å²) in [6, 6.07) is 21.4. The van der Waals surface area contributed by atoms with Crippen molar-refractivity contribution < 1.29 is 19.1 Å². The molecule has 5 heteroatoms. The van der Waals surface area contributed by atoms with Gasteiger partial charge in [-0.1, -0.05) is 82.3 Å². The molecular formula is C27H29NO4. The maximum Gasteiger partial charge on any atom is 0.405 e. The maximum absolute atomic E-state index is 13.1. The van der Waals surface area contributed by atoms with Crippen LogP contribution in [0.1, 0.15) is 56.0 Å². The van der Waals surface area contributed by atoms with Gasteiger partial charge in [-0.3, -0.25) is 4.79 Å². The molecule has 0 aliphatic carbocycles. The van der Waals surface area contributed by atoms with Crippen molar-refractivity contribution in [1.82, 2.24) is 0 Å². The van der Waals surface area contributed by atoms with Crippen molar-refractivity contribution in [1.29, 1.82) is 0 Å². The van der Waals surface area contributed by atoms with Gasteiger partial charge in [0.05, 0.1) is 12.0 Å². The third kappa shape index (κ3) is 3.52. The van der Waals surface area contributed by atoms with Crippen LogP contribution in [0.5, 0.6) is 5.75 Å². The molecule has 166 valence electrons. The van der Waals surface area contributed by atoms with Crippen molar-refractivity contribution in [3.8, 4) is 5.75 Å². The monoisotopic (exact) mass is 431 g/mol. The summed E-state index contributed by atoms with van der Waals surface area (Å²) in [4.78, 5) is 25.4. The molecule has 0 spiro atoms. The van der Waals surface area contributed by atoms with Gasteiger partial charge in [-0.05, 0) is 28.5 Å². The zero-order valence-corrected chi connectivity index (χ0v) is 18.9. The van der Waals surface area contributed by atoms with Crippen LogP contribution in [-0.4, -0.2) is 23.6 Å². The van der Waals surface area contributed by atoms with E-state index in [4.69, 9.17) is 15.2 Å². The Morgan fingerprint density at radius 1 is 1.03 bits per heavy atom. The van der Waals surface area contributed by atoms with E-state index < -0.39 is 23.2 Å². The maximum atomic E-state index is 13.1. The molecule has 2 N–H and O–H groups in total. The quantitative estimate of drug-likeness (QED) is 0.561.